The van der Waals surface area contributed by atoms with Crippen molar-refractivity contribution in [3.05, 3.63) is 48.3 Å². The molecule has 4 rings (SSSR count). The quantitative estimate of drug-likeness (QED) is 0.581. The van der Waals surface area contributed by atoms with Crippen molar-refractivity contribution in [2.75, 3.05) is 42.0 Å². The highest BCUT2D eigenvalue weighted by Gasteiger charge is 2.21. The normalized spacial score (nSPS) is 15.1. The number of pyridine rings is 1. The van der Waals surface area contributed by atoms with Gasteiger partial charge in [0.1, 0.15) is 5.82 Å². The Morgan fingerprint density at radius 3 is 2.45 bits per heavy atom. The van der Waals surface area contributed by atoms with E-state index in [2.05, 4.69) is 20.5 Å². The highest BCUT2D eigenvalue weighted by Crippen LogP contribution is 2.29. The molecule has 0 aliphatic carbocycles. The number of ether oxygens (including phenoxy) is 1. The van der Waals surface area contributed by atoms with Crippen LogP contribution in [0.2, 0.25) is 0 Å². The van der Waals surface area contributed by atoms with Gasteiger partial charge < -0.3 is 15.0 Å². The van der Waals surface area contributed by atoms with E-state index in [1.54, 1.807) is 19.4 Å². The molecule has 0 saturated carbocycles. The van der Waals surface area contributed by atoms with Gasteiger partial charge in [-0.3, -0.25) is 5.32 Å². The van der Waals surface area contributed by atoms with Crippen LogP contribution in [-0.2, 0) is 14.8 Å². The molecule has 2 aromatic heterocycles. The number of hydrogen-bond acceptors (Lipinski definition) is 6. The minimum Gasteiger partial charge on any atom is -0.381 e. The number of piperidine rings is 1. The fourth-order valence-electron chi connectivity index (χ4n) is 3.83. The number of benzene rings is 1. The van der Waals surface area contributed by atoms with Gasteiger partial charge in [0.05, 0.1) is 35.4 Å². The molecule has 1 aliphatic heterocycles. The molecule has 1 aliphatic rings. The van der Waals surface area contributed by atoms with E-state index >= 15 is 0 Å². The number of halogens is 2. The fraction of sp³-hybridized carbons (Fsp3) is 0.333. The molecule has 0 radical (unpaired) electrons. The molecular weight excluding hydrogens is 456 g/mol. The van der Waals surface area contributed by atoms with Crippen LogP contribution in [0.25, 0.3) is 10.9 Å². The Morgan fingerprint density at radius 2 is 1.85 bits per heavy atom. The van der Waals surface area contributed by atoms with Gasteiger partial charge in [0.25, 0.3) is 0 Å². The van der Waals surface area contributed by atoms with Crippen molar-refractivity contribution >= 4 is 44.1 Å². The lowest BCUT2D eigenvalue weighted by molar-refractivity contribution is 0.0819. The first kappa shape index (κ1) is 22.9. The summed E-state index contributed by atoms with van der Waals surface area (Å²) in [4.78, 5) is 18.9. The zero-order valence-electron chi connectivity index (χ0n) is 18.0. The zero-order valence-corrected chi connectivity index (χ0v) is 18.8. The standard InChI is InChI=1S/C21H23F2N5O4S/c1-32-14-5-7-27(8-6-14)13-3-4-20(24-11-13)26-21(29)25-18-12-28(33(2,30)31)19-10-17(23)16(22)9-15(18)19/h3-4,9-12,14H,5-8H2,1-2H3,(H2,24,25,26,29). The van der Waals surface area contributed by atoms with E-state index in [4.69, 9.17) is 4.74 Å². The van der Waals surface area contributed by atoms with E-state index in [9.17, 15) is 22.0 Å². The van der Waals surface area contributed by atoms with Crippen LogP contribution >= 0.6 is 0 Å². The smallest absolute Gasteiger partial charge is 0.324 e. The van der Waals surface area contributed by atoms with E-state index in [0.29, 0.717) is 0 Å². The minimum atomic E-state index is -3.82. The summed E-state index contributed by atoms with van der Waals surface area (Å²) >= 11 is 0. The lowest BCUT2D eigenvalue weighted by Gasteiger charge is -2.32. The number of carbonyl (C=O) groups is 1. The second kappa shape index (κ2) is 8.94. The predicted molar refractivity (Wildman–Crippen MR) is 121 cm³/mol. The van der Waals surface area contributed by atoms with E-state index in [1.807, 2.05) is 6.07 Å². The van der Waals surface area contributed by atoms with Gasteiger partial charge >= 0.3 is 6.03 Å². The minimum absolute atomic E-state index is 0.00413. The van der Waals surface area contributed by atoms with Crippen molar-refractivity contribution in [1.29, 1.82) is 0 Å². The van der Waals surface area contributed by atoms with Crippen LogP contribution in [0, 0.1) is 11.6 Å². The summed E-state index contributed by atoms with van der Waals surface area (Å²) in [5.74, 6) is -2.09. The molecule has 2 amide bonds. The van der Waals surface area contributed by atoms with Crippen LogP contribution in [-0.4, -0.2) is 56.0 Å². The van der Waals surface area contributed by atoms with Crippen molar-refractivity contribution < 1.29 is 26.7 Å². The van der Waals surface area contributed by atoms with Gasteiger partial charge in [-0.15, -0.1) is 0 Å². The molecule has 2 N–H and O–H groups in total. The lowest BCUT2D eigenvalue weighted by atomic mass is 10.1. The van der Waals surface area contributed by atoms with Crippen LogP contribution in [0.5, 0.6) is 0 Å². The SMILES string of the molecule is COC1CCN(c2ccc(NC(=O)Nc3cn(S(C)(=O)=O)c4cc(F)c(F)cc34)nc2)CC1. The second-order valence-corrected chi connectivity index (χ2v) is 9.65. The monoisotopic (exact) mass is 479 g/mol. The van der Waals surface area contributed by atoms with Gasteiger partial charge in [-0.05, 0) is 31.0 Å². The van der Waals surface area contributed by atoms with Crippen LogP contribution < -0.4 is 15.5 Å². The summed E-state index contributed by atoms with van der Waals surface area (Å²) in [6.45, 7) is 1.68. The van der Waals surface area contributed by atoms with E-state index < -0.39 is 27.7 Å². The third-order valence-corrected chi connectivity index (χ3v) is 6.56. The molecule has 33 heavy (non-hydrogen) atoms. The van der Waals surface area contributed by atoms with Gasteiger partial charge in [-0.1, -0.05) is 0 Å². The topological polar surface area (TPSA) is 106 Å². The van der Waals surface area contributed by atoms with Gasteiger partial charge in [-0.25, -0.2) is 30.9 Å². The first-order chi connectivity index (χ1) is 15.7. The molecule has 1 fully saturated rings. The van der Waals surface area contributed by atoms with Gasteiger partial charge in [0.2, 0.25) is 10.0 Å². The molecule has 0 spiro atoms. The summed E-state index contributed by atoms with van der Waals surface area (Å²) in [7, 11) is -2.11. The molecule has 3 heterocycles. The van der Waals surface area contributed by atoms with E-state index in [1.165, 1.54) is 0 Å². The summed E-state index contributed by atoms with van der Waals surface area (Å²) in [6.07, 6.45) is 5.77. The van der Waals surface area contributed by atoms with Crippen molar-refractivity contribution in [1.82, 2.24) is 8.96 Å². The number of aromatic nitrogens is 2. The molecule has 3 aromatic rings. The predicted octanol–water partition coefficient (Wildman–Crippen LogP) is 3.38. The number of urea groups is 1. The van der Waals surface area contributed by atoms with Crippen molar-refractivity contribution in [2.24, 2.45) is 0 Å². The Kier molecular flexibility index (Phi) is 6.21. The third-order valence-electron chi connectivity index (χ3n) is 5.55. The Bertz CT molecular complexity index is 1290. The van der Waals surface area contributed by atoms with Crippen LogP contribution in [0.4, 0.5) is 30.8 Å². The highest BCUT2D eigenvalue weighted by atomic mass is 32.2. The molecule has 12 heteroatoms. The summed E-state index contributed by atoms with van der Waals surface area (Å²) in [6, 6.07) is 4.37. The first-order valence-electron chi connectivity index (χ1n) is 10.2. The summed E-state index contributed by atoms with van der Waals surface area (Å²) in [5, 5.41) is 5.06. The number of nitrogens with one attached hydrogen (secondary N) is 2. The van der Waals surface area contributed by atoms with Crippen molar-refractivity contribution in [2.45, 2.75) is 18.9 Å². The Hall–Kier alpha value is -3.25. The van der Waals surface area contributed by atoms with Gasteiger partial charge in [0.15, 0.2) is 11.6 Å². The van der Waals surface area contributed by atoms with Gasteiger partial charge in [0, 0.05) is 37.8 Å². The Balaban J connectivity index is 1.48. The summed E-state index contributed by atoms with van der Waals surface area (Å²) in [5.41, 5.74) is 0.833. The molecular formula is C21H23F2N5O4S. The lowest BCUT2D eigenvalue weighted by Crippen LogP contribution is -2.36. The molecule has 9 nitrogen and oxygen atoms in total. The Labute approximate surface area is 189 Å². The molecule has 0 bridgehead atoms. The van der Waals surface area contributed by atoms with Crippen LogP contribution in [0.15, 0.2) is 36.7 Å². The zero-order chi connectivity index (χ0) is 23.8. The average molecular weight is 480 g/mol. The van der Waals surface area contributed by atoms with Gasteiger partial charge in [-0.2, -0.15) is 0 Å². The number of anilines is 3. The number of methoxy groups -OCH3 is 1. The van der Waals surface area contributed by atoms with Crippen LogP contribution in [0.3, 0.4) is 0 Å². The molecule has 0 unspecified atom stereocenters. The molecule has 1 saturated heterocycles. The maximum Gasteiger partial charge on any atom is 0.324 e. The number of hydrogen-bond donors (Lipinski definition) is 2. The molecule has 0 atom stereocenters. The first-order valence-corrected chi connectivity index (χ1v) is 12.0. The largest absolute Gasteiger partial charge is 0.381 e. The fourth-order valence-corrected chi connectivity index (χ4v) is 4.64. The number of carbonyl (C=O) groups excluding carboxylic acids is 1. The maximum absolute atomic E-state index is 13.8. The van der Waals surface area contributed by atoms with Crippen LogP contribution in [0.1, 0.15) is 12.8 Å². The highest BCUT2D eigenvalue weighted by molar-refractivity contribution is 7.89. The molecule has 176 valence electrons. The van der Waals surface area contributed by atoms with E-state index in [-0.39, 0.29) is 28.5 Å². The van der Waals surface area contributed by atoms with Crippen molar-refractivity contribution in [3.8, 4) is 0 Å². The van der Waals surface area contributed by atoms with Crippen molar-refractivity contribution in [3.63, 3.8) is 0 Å². The molecule has 1 aromatic carbocycles. The number of rotatable bonds is 5. The maximum atomic E-state index is 13.8. The Morgan fingerprint density at radius 1 is 1.15 bits per heavy atom. The van der Waals surface area contributed by atoms with E-state index in [0.717, 1.165) is 60.2 Å². The third kappa shape index (κ3) is 4.91. The number of nitrogens with zero attached hydrogens (tertiary/aromatic N) is 3. The summed E-state index contributed by atoms with van der Waals surface area (Å²) < 4.78 is 57.7. The number of fused-ring (bicyclic) bond motifs is 1. The second-order valence-electron chi connectivity index (χ2n) is 7.79. The number of amides is 2. The average Bonchev–Trinajstić information content (AvgIpc) is 3.12.